The molecule has 0 saturated heterocycles. The molecular formula is C18H22N2O. The molecule has 0 unspecified atom stereocenters. The molecule has 0 radical (unpaired) electrons. The van der Waals surface area contributed by atoms with E-state index in [2.05, 4.69) is 23.6 Å². The Morgan fingerprint density at radius 1 is 1.05 bits per heavy atom. The van der Waals surface area contributed by atoms with Gasteiger partial charge in [0.15, 0.2) is 0 Å². The molecule has 0 aromatic heterocycles. The van der Waals surface area contributed by atoms with E-state index in [0.29, 0.717) is 5.56 Å². The monoisotopic (exact) mass is 282 g/mol. The number of hydrogen-bond acceptors (Lipinski definition) is 2. The van der Waals surface area contributed by atoms with Crippen molar-refractivity contribution in [2.75, 3.05) is 17.2 Å². The molecule has 0 aliphatic carbocycles. The van der Waals surface area contributed by atoms with E-state index in [-0.39, 0.29) is 5.91 Å². The van der Waals surface area contributed by atoms with Gasteiger partial charge in [0.05, 0.1) is 5.56 Å². The molecule has 0 fully saturated rings. The summed E-state index contributed by atoms with van der Waals surface area (Å²) in [6.45, 7) is 6.92. The Morgan fingerprint density at radius 2 is 1.81 bits per heavy atom. The van der Waals surface area contributed by atoms with Crippen LogP contribution in [-0.4, -0.2) is 12.5 Å². The van der Waals surface area contributed by atoms with Gasteiger partial charge in [-0.05, 0) is 43.5 Å². The third-order valence-electron chi connectivity index (χ3n) is 3.52. The van der Waals surface area contributed by atoms with Crippen molar-refractivity contribution in [3.8, 4) is 0 Å². The molecule has 1 amide bonds. The maximum atomic E-state index is 12.6. The van der Waals surface area contributed by atoms with E-state index in [1.54, 1.807) is 0 Å². The molecule has 0 bridgehead atoms. The number of aryl methyl sites for hydroxylation is 2. The summed E-state index contributed by atoms with van der Waals surface area (Å²) in [6.07, 6.45) is 0.895. The lowest BCUT2D eigenvalue weighted by Gasteiger charge is -2.15. The maximum absolute atomic E-state index is 12.6. The van der Waals surface area contributed by atoms with E-state index in [4.69, 9.17) is 0 Å². The van der Waals surface area contributed by atoms with Crippen LogP contribution >= 0.6 is 0 Å². The average molecular weight is 282 g/mol. The summed E-state index contributed by atoms with van der Waals surface area (Å²) in [5, 5.41) is 6.29. The van der Waals surface area contributed by atoms with E-state index in [1.165, 1.54) is 0 Å². The van der Waals surface area contributed by atoms with Crippen molar-refractivity contribution < 1.29 is 4.79 Å². The summed E-state index contributed by atoms with van der Waals surface area (Å²) in [7, 11) is 0. The Balaban J connectivity index is 2.31. The average Bonchev–Trinajstić information content (AvgIpc) is 2.50. The molecule has 2 aromatic rings. The first-order valence-electron chi connectivity index (χ1n) is 7.40. The molecule has 110 valence electrons. The molecule has 3 heteroatoms. The number of carbonyl (C=O) groups excluding carboxylic acids is 1. The van der Waals surface area contributed by atoms with Crippen LogP contribution in [0.5, 0.6) is 0 Å². The van der Waals surface area contributed by atoms with E-state index < -0.39 is 0 Å². The number of para-hydroxylation sites is 2. The molecule has 2 aromatic carbocycles. The minimum absolute atomic E-state index is 0.0736. The number of benzene rings is 2. The van der Waals surface area contributed by atoms with Crippen LogP contribution in [0.4, 0.5) is 11.4 Å². The summed E-state index contributed by atoms with van der Waals surface area (Å²) in [5.41, 5.74) is 4.71. The summed E-state index contributed by atoms with van der Waals surface area (Å²) in [6, 6.07) is 13.7. The highest BCUT2D eigenvalue weighted by atomic mass is 16.1. The Bertz CT molecular complexity index is 635. The van der Waals surface area contributed by atoms with Crippen LogP contribution in [0.25, 0.3) is 0 Å². The quantitative estimate of drug-likeness (QED) is 0.861. The minimum atomic E-state index is -0.0736. The number of amides is 1. The van der Waals surface area contributed by atoms with Crippen LogP contribution in [0.2, 0.25) is 0 Å². The zero-order valence-electron chi connectivity index (χ0n) is 12.9. The standard InChI is InChI=1S/C18H22N2O/c1-4-14-10-8-9-13(3)17(14)20-18(21)15-11-6-7-12-16(15)19-5-2/h6-12,19H,4-5H2,1-3H3,(H,20,21). The Morgan fingerprint density at radius 3 is 2.52 bits per heavy atom. The zero-order valence-corrected chi connectivity index (χ0v) is 12.9. The minimum Gasteiger partial charge on any atom is -0.385 e. The summed E-state index contributed by atoms with van der Waals surface area (Å²) in [4.78, 5) is 12.6. The first-order chi connectivity index (χ1) is 10.2. The molecule has 2 N–H and O–H groups in total. The van der Waals surface area contributed by atoms with Crippen molar-refractivity contribution in [1.82, 2.24) is 0 Å². The predicted octanol–water partition coefficient (Wildman–Crippen LogP) is 4.24. The predicted molar refractivity (Wildman–Crippen MR) is 89.1 cm³/mol. The number of anilines is 2. The normalized spacial score (nSPS) is 10.2. The first kappa shape index (κ1) is 15.1. The van der Waals surface area contributed by atoms with Crippen molar-refractivity contribution >= 4 is 17.3 Å². The molecule has 0 saturated carbocycles. The van der Waals surface area contributed by atoms with Gasteiger partial charge in [-0.25, -0.2) is 0 Å². The van der Waals surface area contributed by atoms with Crippen LogP contribution in [-0.2, 0) is 6.42 Å². The third-order valence-corrected chi connectivity index (χ3v) is 3.52. The van der Waals surface area contributed by atoms with Crippen LogP contribution in [0, 0.1) is 6.92 Å². The van der Waals surface area contributed by atoms with E-state index in [1.807, 2.05) is 50.2 Å². The van der Waals surface area contributed by atoms with Gasteiger partial charge in [0, 0.05) is 17.9 Å². The van der Waals surface area contributed by atoms with Crippen molar-refractivity contribution in [1.29, 1.82) is 0 Å². The van der Waals surface area contributed by atoms with E-state index in [0.717, 1.165) is 35.5 Å². The second-order valence-electron chi connectivity index (χ2n) is 4.99. The fraction of sp³-hybridized carbons (Fsp3) is 0.278. The highest BCUT2D eigenvalue weighted by Crippen LogP contribution is 2.23. The smallest absolute Gasteiger partial charge is 0.257 e. The van der Waals surface area contributed by atoms with Crippen molar-refractivity contribution in [3.05, 3.63) is 59.2 Å². The van der Waals surface area contributed by atoms with Crippen LogP contribution < -0.4 is 10.6 Å². The molecule has 21 heavy (non-hydrogen) atoms. The Kier molecular flexibility index (Phi) is 4.99. The van der Waals surface area contributed by atoms with Gasteiger partial charge in [-0.1, -0.05) is 37.3 Å². The fourth-order valence-electron chi connectivity index (χ4n) is 2.41. The molecule has 0 heterocycles. The van der Waals surface area contributed by atoms with Crippen LogP contribution in [0.1, 0.15) is 35.3 Å². The summed E-state index contributed by atoms with van der Waals surface area (Å²) >= 11 is 0. The lowest BCUT2D eigenvalue weighted by molar-refractivity contribution is 0.102. The number of carbonyl (C=O) groups is 1. The van der Waals surface area contributed by atoms with E-state index >= 15 is 0 Å². The molecule has 0 spiro atoms. The molecule has 0 aliphatic heterocycles. The van der Waals surface area contributed by atoms with Crippen molar-refractivity contribution in [2.24, 2.45) is 0 Å². The summed E-state index contributed by atoms with van der Waals surface area (Å²) < 4.78 is 0. The number of hydrogen-bond donors (Lipinski definition) is 2. The van der Waals surface area contributed by atoms with Gasteiger partial charge in [0.1, 0.15) is 0 Å². The van der Waals surface area contributed by atoms with Gasteiger partial charge in [0.25, 0.3) is 5.91 Å². The van der Waals surface area contributed by atoms with Gasteiger partial charge in [-0.3, -0.25) is 4.79 Å². The lowest BCUT2D eigenvalue weighted by Crippen LogP contribution is -2.16. The van der Waals surface area contributed by atoms with Gasteiger partial charge in [-0.15, -0.1) is 0 Å². The van der Waals surface area contributed by atoms with Crippen molar-refractivity contribution in [3.63, 3.8) is 0 Å². The highest BCUT2D eigenvalue weighted by molar-refractivity contribution is 6.08. The lowest BCUT2D eigenvalue weighted by atomic mass is 10.0. The van der Waals surface area contributed by atoms with Gasteiger partial charge < -0.3 is 10.6 Å². The first-order valence-corrected chi connectivity index (χ1v) is 7.40. The van der Waals surface area contributed by atoms with E-state index in [9.17, 15) is 4.79 Å². The fourth-order valence-corrected chi connectivity index (χ4v) is 2.41. The number of nitrogens with one attached hydrogen (secondary N) is 2. The third kappa shape index (κ3) is 3.43. The zero-order chi connectivity index (χ0) is 15.2. The largest absolute Gasteiger partial charge is 0.385 e. The Labute approximate surface area is 126 Å². The molecule has 0 atom stereocenters. The highest BCUT2D eigenvalue weighted by Gasteiger charge is 2.13. The summed E-state index contributed by atoms with van der Waals surface area (Å²) in [5.74, 6) is -0.0736. The van der Waals surface area contributed by atoms with Crippen molar-refractivity contribution in [2.45, 2.75) is 27.2 Å². The van der Waals surface area contributed by atoms with Gasteiger partial charge in [0.2, 0.25) is 0 Å². The second kappa shape index (κ2) is 6.93. The SMILES string of the molecule is CCNc1ccccc1C(=O)Nc1c(C)cccc1CC. The maximum Gasteiger partial charge on any atom is 0.257 e. The molecule has 2 rings (SSSR count). The molecule has 3 nitrogen and oxygen atoms in total. The van der Waals surface area contributed by atoms with Crippen LogP contribution in [0.15, 0.2) is 42.5 Å². The van der Waals surface area contributed by atoms with Crippen LogP contribution in [0.3, 0.4) is 0 Å². The second-order valence-corrected chi connectivity index (χ2v) is 4.99. The molecular weight excluding hydrogens is 260 g/mol. The Hall–Kier alpha value is -2.29. The topological polar surface area (TPSA) is 41.1 Å². The van der Waals surface area contributed by atoms with Gasteiger partial charge >= 0.3 is 0 Å². The number of rotatable bonds is 5. The van der Waals surface area contributed by atoms with Gasteiger partial charge in [-0.2, -0.15) is 0 Å². The molecule has 0 aliphatic rings.